The fraction of sp³-hybridized carbons (Fsp3) is 0.514. The predicted octanol–water partition coefficient (Wildman–Crippen LogP) is 9.75. The Morgan fingerprint density at radius 3 is 0.745 bits per heavy atom. The summed E-state index contributed by atoms with van der Waals surface area (Å²) < 4.78 is 0. The van der Waals surface area contributed by atoms with Crippen molar-refractivity contribution in [2.24, 2.45) is 0 Å². The fourth-order valence-electron chi connectivity index (χ4n) is 10.1. The Labute approximate surface area is 307 Å². The zero-order valence-corrected chi connectivity index (χ0v) is 30.5. The van der Waals surface area contributed by atoms with Crippen LogP contribution in [-0.4, -0.2) is 48.3 Å². The molecule has 0 saturated carbocycles. The lowest BCUT2D eigenvalue weighted by atomic mass is 9.83. The SMILES string of the molecule is Clc1cccc(Cl)c1C1C2CCC(N2)C2CCC(N2)C(c2c(Cl)cccc2Cl)C2CCC(N2)C(c2c(Cl)cccc2Cl)C2CCC1N2. The molecule has 4 N–H and O–H groups in total. The van der Waals surface area contributed by atoms with Gasteiger partial charge in [-0.05, 0) is 104 Å². The maximum Gasteiger partial charge on any atom is 0.0456 e. The third kappa shape index (κ3) is 6.15. The Morgan fingerprint density at radius 2 is 0.511 bits per heavy atom. The summed E-state index contributed by atoms with van der Waals surface area (Å²) in [6, 6.07) is 19.6. The molecule has 250 valence electrons. The van der Waals surface area contributed by atoms with Gasteiger partial charge in [-0.15, -0.1) is 0 Å². The minimum absolute atomic E-state index is 0.0645. The van der Waals surface area contributed by atoms with Gasteiger partial charge in [0.1, 0.15) is 0 Å². The molecule has 3 aromatic carbocycles. The van der Waals surface area contributed by atoms with Crippen molar-refractivity contribution in [2.75, 3.05) is 0 Å². The zero-order chi connectivity index (χ0) is 32.4. The largest absolute Gasteiger partial charge is 0.310 e. The molecule has 4 nitrogen and oxygen atoms in total. The zero-order valence-electron chi connectivity index (χ0n) is 26.0. The minimum Gasteiger partial charge on any atom is -0.310 e. The van der Waals surface area contributed by atoms with E-state index >= 15 is 0 Å². The summed E-state index contributed by atoms with van der Waals surface area (Å²) in [4.78, 5) is 0. The highest BCUT2D eigenvalue weighted by molar-refractivity contribution is 6.37. The second-order valence-corrected chi connectivity index (χ2v) is 16.8. The highest BCUT2D eigenvalue weighted by atomic mass is 35.5. The van der Waals surface area contributed by atoms with Gasteiger partial charge in [0.05, 0.1) is 0 Å². The fourth-order valence-corrected chi connectivity index (χ4v) is 12.0. The summed E-state index contributed by atoms with van der Waals surface area (Å²) in [5.41, 5.74) is 3.12. The van der Waals surface area contributed by atoms with Crippen molar-refractivity contribution in [1.82, 2.24) is 21.3 Å². The molecule has 10 atom stereocenters. The van der Waals surface area contributed by atoms with Crippen LogP contribution in [0, 0.1) is 0 Å². The van der Waals surface area contributed by atoms with E-state index in [9.17, 15) is 0 Å². The number of nitrogens with one attached hydrogen (secondary N) is 4. The maximum absolute atomic E-state index is 7.03. The molecule has 0 aliphatic carbocycles. The summed E-state index contributed by atoms with van der Waals surface area (Å²) in [5, 5.41) is 20.9. The first-order chi connectivity index (χ1) is 22.8. The van der Waals surface area contributed by atoms with Crippen LogP contribution in [0.1, 0.15) is 85.8 Å². The lowest BCUT2D eigenvalue weighted by Crippen LogP contribution is -2.50. The molecule has 8 rings (SSSR count). The van der Waals surface area contributed by atoms with Gasteiger partial charge in [-0.1, -0.05) is 87.8 Å². The molecule has 0 spiro atoms. The molecule has 10 unspecified atom stereocenters. The average Bonchev–Trinajstić information content (AvgIpc) is 3.86. The minimum atomic E-state index is 0.0645. The van der Waals surface area contributed by atoms with E-state index in [1.807, 2.05) is 54.6 Å². The van der Waals surface area contributed by atoms with Gasteiger partial charge >= 0.3 is 0 Å². The molecular weight excluding hydrogens is 713 g/mol. The van der Waals surface area contributed by atoms with Crippen molar-refractivity contribution >= 4 is 69.6 Å². The van der Waals surface area contributed by atoms with Crippen molar-refractivity contribution < 1.29 is 0 Å². The summed E-state index contributed by atoms with van der Waals surface area (Å²) in [7, 11) is 0. The van der Waals surface area contributed by atoms with E-state index in [0.29, 0.717) is 22.1 Å². The highest BCUT2D eigenvalue weighted by Gasteiger charge is 2.50. The van der Waals surface area contributed by atoms with Crippen LogP contribution in [-0.2, 0) is 0 Å². The van der Waals surface area contributed by atoms with Crippen LogP contribution in [0.2, 0.25) is 30.1 Å². The molecular formula is C37H40Cl6N4. The van der Waals surface area contributed by atoms with Crippen LogP contribution in [0.4, 0.5) is 0 Å². The summed E-state index contributed by atoms with van der Waals surface area (Å²) >= 11 is 42.0. The van der Waals surface area contributed by atoms with Gasteiger partial charge in [0.2, 0.25) is 0 Å². The predicted molar refractivity (Wildman–Crippen MR) is 197 cm³/mol. The van der Waals surface area contributed by atoms with Crippen molar-refractivity contribution in [3.8, 4) is 0 Å². The van der Waals surface area contributed by atoms with Crippen LogP contribution in [0.25, 0.3) is 0 Å². The van der Waals surface area contributed by atoms with Crippen LogP contribution in [0.5, 0.6) is 0 Å². The van der Waals surface area contributed by atoms with Gasteiger partial charge in [0.15, 0.2) is 0 Å². The van der Waals surface area contributed by atoms with Crippen LogP contribution >= 0.6 is 69.6 Å². The number of rotatable bonds is 3. The van der Waals surface area contributed by atoms with E-state index in [4.69, 9.17) is 69.6 Å². The number of benzene rings is 3. The maximum atomic E-state index is 7.03. The van der Waals surface area contributed by atoms with Gasteiger partial charge in [-0.3, -0.25) is 0 Å². The Balaban J connectivity index is 1.25. The summed E-state index contributed by atoms with van der Waals surface area (Å²) in [5.74, 6) is 0.305. The summed E-state index contributed by atoms with van der Waals surface area (Å²) in [6.07, 6.45) is 8.35. The molecule has 0 aromatic heterocycles. The average molecular weight is 753 g/mol. The van der Waals surface area contributed by atoms with Crippen molar-refractivity contribution in [2.45, 2.75) is 117 Å². The van der Waals surface area contributed by atoms with Gasteiger partial charge < -0.3 is 21.3 Å². The Bertz CT molecular complexity index is 1480. The molecule has 5 saturated heterocycles. The highest BCUT2D eigenvalue weighted by Crippen LogP contribution is 2.49. The normalized spacial score (nSPS) is 36.8. The molecule has 5 fully saturated rings. The van der Waals surface area contributed by atoms with E-state index in [0.717, 1.165) is 88.1 Å². The quantitative estimate of drug-likeness (QED) is 0.215. The third-order valence-corrected chi connectivity index (χ3v) is 13.9. The lowest BCUT2D eigenvalue weighted by Gasteiger charge is -2.36. The van der Waals surface area contributed by atoms with E-state index in [-0.39, 0.29) is 54.0 Å². The van der Waals surface area contributed by atoms with Crippen LogP contribution in [0.15, 0.2) is 54.6 Å². The van der Waals surface area contributed by atoms with E-state index in [1.54, 1.807) is 0 Å². The van der Waals surface area contributed by atoms with E-state index < -0.39 is 0 Å². The smallest absolute Gasteiger partial charge is 0.0456 e. The van der Waals surface area contributed by atoms with Crippen LogP contribution in [0.3, 0.4) is 0 Å². The Morgan fingerprint density at radius 1 is 0.319 bits per heavy atom. The van der Waals surface area contributed by atoms with Gasteiger partial charge in [0.25, 0.3) is 0 Å². The van der Waals surface area contributed by atoms with Crippen molar-refractivity contribution in [3.05, 3.63) is 101 Å². The Hall–Kier alpha value is -0.760. The first-order valence-electron chi connectivity index (χ1n) is 17.1. The van der Waals surface area contributed by atoms with E-state index in [2.05, 4.69) is 21.3 Å². The first-order valence-corrected chi connectivity index (χ1v) is 19.4. The third-order valence-electron chi connectivity index (χ3n) is 12.0. The monoisotopic (exact) mass is 750 g/mol. The lowest BCUT2D eigenvalue weighted by molar-refractivity contribution is 0.330. The molecule has 47 heavy (non-hydrogen) atoms. The second kappa shape index (κ2) is 13.8. The molecule has 5 aliphatic heterocycles. The van der Waals surface area contributed by atoms with Gasteiger partial charge in [-0.25, -0.2) is 0 Å². The van der Waals surface area contributed by atoms with E-state index in [1.165, 1.54) is 0 Å². The van der Waals surface area contributed by atoms with Crippen LogP contribution < -0.4 is 21.3 Å². The molecule has 8 bridgehead atoms. The summed E-state index contributed by atoms with van der Waals surface area (Å²) in [6.45, 7) is 0. The van der Waals surface area contributed by atoms with Gasteiger partial charge in [0, 0.05) is 96.2 Å². The number of fused-ring (bicyclic) bond motifs is 9. The Kier molecular flexibility index (Phi) is 9.77. The standard InChI is InChI=1S/C37H40Cl6N4/c38-18-4-1-5-19(39)32(18)35-26-12-10-24(44-26)25-11-13-27(45-25)36(33-20(40)6-2-7-21(33)41)29-15-17-31(47-29)37(30-16-14-28(35)46-30)34-22(42)8-3-9-23(34)43/h1-9,24-31,35-37,44-47H,10-17H2. The first kappa shape index (κ1) is 33.4. The van der Waals surface area contributed by atoms with Crippen molar-refractivity contribution in [1.29, 1.82) is 0 Å². The van der Waals surface area contributed by atoms with Crippen molar-refractivity contribution in [3.63, 3.8) is 0 Å². The number of hydrogen-bond donors (Lipinski definition) is 4. The molecule has 10 heteroatoms. The number of hydrogen-bond acceptors (Lipinski definition) is 4. The van der Waals surface area contributed by atoms with Gasteiger partial charge in [-0.2, -0.15) is 0 Å². The molecule has 3 aromatic rings. The molecule has 0 amide bonds. The second-order valence-electron chi connectivity index (χ2n) is 14.3. The number of halogens is 6. The topological polar surface area (TPSA) is 48.1 Å². The molecule has 0 radical (unpaired) electrons. The molecule has 5 aliphatic rings. The molecule has 5 heterocycles.